The Bertz CT molecular complexity index is 1110. The zero-order valence-corrected chi connectivity index (χ0v) is 21.0. The summed E-state index contributed by atoms with van der Waals surface area (Å²) in [5.74, 6) is -0.166. The highest BCUT2D eigenvalue weighted by Gasteiger charge is 2.33. The number of anilines is 1. The molecule has 2 aromatic rings. The van der Waals surface area contributed by atoms with Crippen LogP contribution in [-0.2, 0) is 4.79 Å². The molecule has 0 aliphatic carbocycles. The van der Waals surface area contributed by atoms with E-state index in [1.807, 2.05) is 41.3 Å². The first kappa shape index (κ1) is 25.9. The minimum absolute atomic E-state index is 0.0474. The van der Waals surface area contributed by atoms with Crippen molar-refractivity contribution < 1.29 is 19.8 Å². The van der Waals surface area contributed by atoms with Crippen LogP contribution in [0.25, 0.3) is 17.2 Å². The molecule has 0 radical (unpaired) electrons. The number of carbonyl (C=O) groups excluding carboxylic acids is 2. The number of aliphatic hydroxyl groups excluding tert-OH is 2. The topological polar surface area (TPSA) is 119 Å². The molecular formula is C28H36N4O4. The summed E-state index contributed by atoms with van der Waals surface area (Å²) in [7, 11) is 0. The van der Waals surface area contributed by atoms with E-state index in [1.54, 1.807) is 12.1 Å². The van der Waals surface area contributed by atoms with E-state index in [0.29, 0.717) is 17.6 Å². The average molecular weight is 493 g/mol. The minimum atomic E-state index is -0.905. The number of rotatable bonds is 7. The molecule has 8 nitrogen and oxygen atoms in total. The van der Waals surface area contributed by atoms with E-state index in [4.69, 9.17) is 5.73 Å². The third-order valence-corrected chi connectivity index (χ3v) is 6.72. The molecule has 3 unspecified atom stereocenters. The van der Waals surface area contributed by atoms with Crippen molar-refractivity contribution in [1.82, 2.24) is 9.80 Å². The van der Waals surface area contributed by atoms with Gasteiger partial charge in [-0.2, -0.15) is 0 Å². The summed E-state index contributed by atoms with van der Waals surface area (Å²) in [5.41, 5.74) is 11.2. The lowest BCUT2D eigenvalue weighted by atomic mass is 10.00. The molecule has 0 bridgehead atoms. The monoisotopic (exact) mass is 492 g/mol. The van der Waals surface area contributed by atoms with Gasteiger partial charge in [0.15, 0.2) is 0 Å². The fourth-order valence-corrected chi connectivity index (χ4v) is 4.85. The van der Waals surface area contributed by atoms with Crippen LogP contribution in [0.4, 0.5) is 5.69 Å². The molecule has 3 atom stereocenters. The Kier molecular flexibility index (Phi) is 8.08. The molecule has 8 heteroatoms. The van der Waals surface area contributed by atoms with Crippen LogP contribution in [0.5, 0.6) is 0 Å². The smallest absolute Gasteiger partial charge is 0.254 e. The Morgan fingerprint density at radius 3 is 2.22 bits per heavy atom. The van der Waals surface area contributed by atoms with Crippen LogP contribution in [0.3, 0.4) is 0 Å². The zero-order chi connectivity index (χ0) is 25.8. The Hall–Kier alpha value is -3.20. The number of likely N-dealkylation sites (tertiary alicyclic amines) is 1. The molecule has 2 aromatic carbocycles. The largest absolute Gasteiger partial charge is 0.388 e. The van der Waals surface area contributed by atoms with Crippen LogP contribution >= 0.6 is 0 Å². The lowest BCUT2D eigenvalue weighted by Crippen LogP contribution is -2.36. The second-order valence-corrected chi connectivity index (χ2v) is 9.64. The summed E-state index contributed by atoms with van der Waals surface area (Å²) in [4.78, 5) is 29.3. The molecule has 192 valence electrons. The molecule has 2 heterocycles. The third-order valence-electron chi connectivity index (χ3n) is 6.72. The van der Waals surface area contributed by atoms with Gasteiger partial charge >= 0.3 is 0 Å². The van der Waals surface area contributed by atoms with Crippen molar-refractivity contribution in [2.75, 3.05) is 31.5 Å². The first-order valence-corrected chi connectivity index (χ1v) is 12.7. The molecule has 2 aliphatic rings. The SMILES string of the molecule is CCCN(CCC)C(=O)C1=Cc2ccc(-c3ccc(C(=O)N4CC(O)C(O)C4)cc3)cc2NC(N)C1. The number of β-amino-alcohol motifs (C(OH)–C–C–N with tert-alkyl or cyclic N) is 2. The van der Waals surface area contributed by atoms with Gasteiger partial charge in [-0.15, -0.1) is 0 Å². The number of carbonyl (C=O) groups is 2. The van der Waals surface area contributed by atoms with E-state index in [9.17, 15) is 19.8 Å². The predicted molar refractivity (Wildman–Crippen MR) is 141 cm³/mol. The molecule has 5 N–H and O–H groups in total. The zero-order valence-electron chi connectivity index (χ0n) is 21.0. The second kappa shape index (κ2) is 11.2. The van der Waals surface area contributed by atoms with Gasteiger partial charge in [-0.25, -0.2) is 0 Å². The standard InChI is InChI=1S/C28H36N4O4/c1-3-11-31(12-4-2)28(36)22-13-21-10-9-20(14-23(21)30-26(29)15-22)18-5-7-19(8-6-18)27(35)32-16-24(33)25(34)17-32/h5-10,13-14,24-26,30,33-34H,3-4,11-12,15-17,29H2,1-2H3. The number of nitrogens with two attached hydrogens (primary N) is 1. The molecule has 4 rings (SSSR count). The quantitative estimate of drug-likeness (QED) is 0.472. The van der Waals surface area contributed by atoms with E-state index in [-0.39, 0.29) is 31.1 Å². The average Bonchev–Trinajstić information content (AvgIpc) is 3.11. The van der Waals surface area contributed by atoms with Gasteiger partial charge in [-0.3, -0.25) is 9.59 Å². The van der Waals surface area contributed by atoms with E-state index < -0.39 is 12.2 Å². The summed E-state index contributed by atoms with van der Waals surface area (Å²) in [6.07, 6.45) is 2.03. The normalized spacial score (nSPS) is 21.3. The number of nitrogens with zero attached hydrogens (tertiary/aromatic N) is 2. The Labute approximate surface area is 212 Å². The molecule has 2 aliphatic heterocycles. The lowest BCUT2D eigenvalue weighted by molar-refractivity contribution is -0.127. The number of nitrogens with one attached hydrogen (secondary N) is 1. The first-order chi connectivity index (χ1) is 17.3. The lowest BCUT2D eigenvalue weighted by Gasteiger charge is -2.23. The number of hydrogen-bond donors (Lipinski definition) is 4. The van der Waals surface area contributed by atoms with Crippen LogP contribution in [0, 0.1) is 0 Å². The van der Waals surface area contributed by atoms with E-state index in [1.165, 1.54) is 4.90 Å². The molecule has 0 aromatic heterocycles. The maximum atomic E-state index is 13.2. The van der Waals surface area contributed by atoms with E-state index >= 15 is 0 Å². The summed E-state index contributed by atoms with van der Waals surface area (Å²) >= 11 is 0. The Morgan fingerprint density at radius 2 is 1.61 bits per heavy atom. The van der Waals surface area contributed by atoms with Crippen LogP contribution in [0.2, 0.25) is 0 Å². The molecule has 0 saturated carbocycles. The Morgan fingerprint density at radius 1 is 1.00 bits per heavy atom. The molecule has 1 fully saturated rings. The number of aliphatic hydroxyl groups is 2. The van der Waals surface area contributed by atoms with Gasteiger partial charge in [0.1, 0.15) is 0 Å². The fourth-order valence-electron chi connectivity index (χ4n) is 4.85. The van der Waals surface area contributed by atoms with Gasteiger partial charge in [0, 0.05) is 49.4 Å². The van der Waals surface area contributed by atoms with Gasteiger partial charge < -0.3 is 31.1 Å². The maximum Gasteiger partial charge on any atom is 0.254 e. The molecular weight excluding hydrogens is 456 g/mol. The summed E-state index contributed by atoms with van der Waals surface area (Å²) in [5, 5.41) is 22.8. The first-order valence-electron chi connectivity index (χ1n) is 12.7. The van der Waals surface area contributed by atoms with E-state index in [2.05, 4.69) is 19.2 Å². The second-order valence-electron chi connectivity index (χ2n) is 9.64. The highest BCUT2D eigenvalue weighted by Crippen LogP contribution is 2.31. The number of amides is 2. The van der Waals surface area contributed by atoms with E-state index in [0.717, 1.165) is 48.3 Å². The van der Waals surface area contributed by atoms with Crippen LogP contribution in [0.1, 0.15) is 49.0 Å². The number of hydrogen-bond acceptors (Lipinski definition) is 6. The molecule has 0 spiro atoms. The third kappa shape index (κ3) is 5.61. The van der Waals surface area contributed by atoms with Crippen molar-refractivity contribution in [3.63, 3.8) is 0 Å². The molecule has 1 saturated heterocycles. The fraction of sp³-hybridized carbons (Fsp3) is 0.429. The Balaban J connectivity index is 1.55. The summed E-state index contributed by atoms with van der Waals surface area (Å²) in [6.45, 7) is 5.87. The van der Waals surface area contributed by atoms with Crippen LogP contribution < -0.4 is 11.1 Å². The van der Waals surface area contributed by atoms with Gasteiger partial charge in [0.2, 0.25) is 5.91 Å². The highest BCUT2D eigenvalue weighted by molar-refractivity contribution is 5.99. The summed E-state index contributed by atoms with van der Waals surface area (Å²) < 4.78 is 0. The maximum absolute atomic E-state index is 13.2. The van der Waals surface area contributed by atoms with Gasteiger partial charge in [-0.05, 0) is 53.8 Å². The molecule has 2 amide bonds. The van der Waals surface area contributed by atoms with Crippen molar-refractivity contribution in [2.24, 2.45) is 5.73 Å². The van der Waals surface area contributed by atoms with Gasteiger partial charge in [0.05, 0.1) is 18.4 Å². The minimum Gasteiger partial charge on any atom is -0.388 e. The van der Waals surface area contributed by atoms with Gasteiger partial charge in [-0.1, -0.05) is 38.1 Å². The van der Waals surface area contributed by atoms with Crippen molar-refractivity contribution >= 4 is 23.6 Å². The van der Waals surface area contributed by atoms with Crippen molar-refractivity contribution in [3.05, 3.63) is 59.2 Å². The number of fused-ring (bicyclic) bond motifs is 1. The van der Waals surface area contributed by atoms with Crippen LogP contribution in [0.15, 0.2) is 48.0 Å². The van der Waals surface area contributed by atoms with Crippen molar-refractivity contribution in [2.45, 2.75) is 51.5 Å². The summed E-state index contributed by atoms with van der Waals surface area (Å²) in [6, 6.07) is 13.3. The molecule has 36 heavy (non-hydrogen) atoms. The van der Waals surface area contributed by atoms with Crippen molar-refractivity contribution in [1.29, 1.82) is 0 Å². The van der Waals surface area contributed by atoms with Gasteiger partial charge in [0.25, 0.3) is 5.91 Å². The van der Waals surface area contributed by atoms with Crippen LogP contribution in [-0.4, -0.2) is 76.4 Å². The predicted octanol–water partition coefficient (Wildman–Crippen LogP) is 2.66. The number of benzene rings is 2. The van der Waals surface area contributed by atoms with Crippen molar-refractivity contribution in [3.8, 4) is 11.1 Å². The highest BCUT2D eigenvalue weighted by atomic mass is 16.3.